The van der Waals surface area contributed by atoms with Crippen molar-refractivity contribution < 1.29 is 4.79 Å². The molecule has 0 saturated carbocycles. The van der Waals surface area contributed by atoms with Crippen LogP contribution in [-0.2, 0) is 6.54 Å². The molecule has 4 N–H and O–H groups in total. The number of nitrogens with two attached hydrogens (primary N) is 1. The van der Waals surface area contributed by atoms with Gasteiger partial charge in [-0.1, -0.05) is 12.1 Å². The van der Waals surface area contributed by atoms with Crippen molar-refractivity contribution in [2.45, 2.75) is 6.54 Å². The van der Waals surface area contributed by atoms with Gasteiger partial charge in [-0.3, -0.25) is 14.7 Å². The van der Waals surface area contributed by atoms with E-state index in [9.17, 15) is 9.59 Å². The highest BCUT2D eigenvalue weighted by atomic mass is 16.2. The molecule has 0 aliphatic rings. The van der Waals surface area contributed by atoms with Gasteiger partial charge in [-0.15, -0.1) is 0 Å². The number of anilines is 1. The second-order valence-electron chi connectivity index (χ2n) is 4.76. The number of benzene rings is 1. The van der Waals surface area contributed by atoms with Crippen LogP contribution in [0.25, 0.3) is 11.0 Å². The number of carbonyl (C=O) groups is 1. The Labute approximate surface area is 125 Å². The topological polar surface area (TPSA) is 121 Å². The molecule has 1 amide bonds. The lowest BCUT2D eigenvalue weighted by atomic mass is 10.2. The Morgan fingerprint density at radius 2 is 2.05 bits per heavy atom. The van der Waals surface area contributed by atoms with Crippen LogP contribution in [-0.4, -0.2) is 33.1 Å². The van der Waals surface area contributed by atoms with Crippen LogP contribution in [0.15, 0.2) is 35.4 Å². The van der Waals surface area contributed by atoms with Crippen LogP contribution in [0.3, 0.4) is 0 Å². The Morgan fingerprint density at radius 3 is 2.73 bits per heavy atom. The van der Waals surface area contributed by atoms with Crippen molar-refractivity contribution in [1.82, 2.24) is 20.2 Å². The number of nitrogens with zero attached hydrogens (tertiary/aromatic N) is 3. The standard InChI is InChI=1S/C14H14N6O2/c1-20(9-4-2-8(6-15)3-5-9)14(22)11-10-12(19-18-11)16-7-17-13(10)21/h2-5,7H,6,15H2,1H3,(H2,16,17,18,19,21). The molecule has 0 radical (unpaired) electrons. The summed E-state index contributed by atoms with van der Waals surface area (Å²) in [7, 11) is 1.62. The number of fused-ring (bicyclic) bond motifs is 1. The second kappa shape index (κ2) is 5.41. The predicted molar refractivity (Wildman–Crippen MR) is 81.6 cm³/mol. The Bertz CT molecular complexity index is 880. The third-order valence-corrected chi connectivity index (χ3v) is 3.43. The first-order valence-corrected chi connectivity index (χ1v) is 6.60. The van der Waals surface area contributed by atoms with Crippen LogP contribution in [0.4, 0.5) is 5.69 Å². The summed E-state index contributed by atoms with van der Waals surface area (Å²) < 4.78 is 0. The highest BCUT2D eigenvalue weighted by Crippen LogP contribution is 2.18. The lowest BCUT2D eigenvalue weighted by Gasteiger charge is -2.16. The molecule has 0 unspecified atom stereocenters. The molecule has 2 aromatic heterocycles. The molecule has 0 fully saturated rings. The third-order valence-electron chi connectivity index (χ3n) is 3.43. The Balaban J connectivity index is 1.99. The van der Waals surface area contributed by atoms with Gasteiger partial charge in [0.15, 0.2) is 5.65 Å². The van der Waals surface area contributed by atoms with Gasteiger partial charge in [-0.05, 0) is 17.7 Å². The molecule has 22 heavy (non-hydrogen) atoms. The summed E-state index contributed by atoms with van der Waals surface area (Å²) >= 11 is 0. The molecule has 0 bridgehead atoms. The van der Waals surface area contributed by atoms with E-state index in [1.165, 1.54) is 11.2 Å². The number of hydrogen-bond donors (Lipinski definition) is 3. The predicted octanol–water partition coefficient (Wildman–Crippen LogP) is 0.381. The molecule has 2 heterocycles. The molecule has 8 nitrogen and oxygen atoms in total. The van der Waals surface area contributed by atoms with Crippen LogP contribution in [0, 0.1) is 0 Å². The van der Waals surface area contributed by atoms with Crippen molar-refractivity contribution in [3.63, 3.8) is 0 Å². The number of H-pyrrole nitrogens is 2. The summed E-state index contributed by atoms with van der Waals surface area (Å²) in [5, 5.41) is 6.62. The first kappa shape index (κ1) is 14.0. The fraction of sp³-hybridized carbons (Fsp3) is 0.143. The second-order valence-corrected chi connectivity index (χ2v) is 4.76. The average Bonchev–Trinajstić information content (AvgIpc) is 2.99. The normalized spacial score (nSPS) is 10.8. The van der Waals surface area contributed by atoms with E-state index in [1.807, 2.05) is 12.1 Å². The highest BCUT2D eigenvalue weighted by molar-refractivity contribution is 6.11. The maximum Gasteiger partial charge on any atom is 0.276 e. The molecule has 0 aliphatic carbocycles. The summed E-state index contributed by atoms with van der Waals surface area (Å²) in [5.74, 6) is -0.374. The number of rotatable bonds is 3. The van der Waals surface area contributed by atoms with E-state index in [2.05, 4.69) is 20.2 Å². The number of nitrogens with one attached hydrogen (secondary N) is 2. The zero-order valence-corrected chi connectivity index (χ0v) is 11.8. The molecule has 3 rings (SSSR count). The molecule has 3 aromatic rings. The van der Waals surface area contributed by atoms with Crippen LogP contribution >= 0.6 is 0 Å². The number of hydrogen-bond acceptors (Lipinski definition) is 5. The number of aromatic amines is 2. The summed E-state index contributed by atoms with van der Waals surface area (Å²) in [6, 6.07) is 7.28. The Morgan fingerprint density at radius 1 is 1.32 bits per heavy atom. The summed E-state index contributed by atoms with van der Waals surface area (Å²) in [6.07, 6.45) is 1.25. The van der Waals surface area contributed by atoms with Crippen molar-refractivity contribution in [3.8, 4) is 0 Å². The van der Waals surface area contributed by atoms with Gasteiger partial charge in [0.05, 0.1) is 6.33 Å². The third kappa shape index (κ3) is 2.25. The minimum absolute atomic E-state index is 0.106. The zero-order chi connectivity index (χ0) is 15.7. The molecule has 1 aromatic carbocycles. The summed E-state index contributed by atoms with van der Waals surface area (Å²) in [5.41, 5.74) is 7.11. The SMILES string of the molecule is CN(C(=O)c1[nH]nc2nc[nH]c(=O)c12)c1ccc(CN)cc1. The van der Waals surface area contributed by atoms with E-state index >= 15 is 0 Å². The van der Waals surface area contributed by atoms with Crippen LogP contribution < -0.4 is 16.2 Å². The molecule has 112 valence electrons. The van der Waals surface area contributed by atoms with Crippen LogP contribution in [0.2, 0.25) is 0 Å². The minimum atomic E-state index is -0.408. The first-order chi connectivity index (χ1) is 10.6. The first-order valence-electron chi connectivity index (χ1n) is 6.60. The molecular weight excluding hydrogens is 284 g/mol. The number of carbonyl (C=O) groups excluding carboxylic acids is 1. The van der Waals surface area contributed by atoms with E-state index in [1.54, 1.807) is 19.2 Å². The van der Waals surface area contributed by atoms with E-state index in [-0.39, 0.29) is 22.6 Å². The smallest absolute Gasteiger partial charge is 0.276 e. The van der Waals surface area contributed by atoms with Crippen molar-refractivity contribution in [2.24, 2.45) is 5.73 Å². The van der Waals surface area contributed by atoms with E-state index in [4.69, 9.17) is 5.73 Å². The van der Waals surface area contributed by atoms with Gasteiger partial charge in [0.25, 0.3) is 11.5 Å². The van der Waals surface area contributed by atoms with Crippen LogP contribution in [0.1, 0.15) is 16.1 Å². The van der Waals surface area contributed by atoms with E-state index in [0.717, 1.165) is 5.56 Å². The molecular formula is C14H14N6O2. The fourth-order valence-electron chi connectivity index (χ4n) is 2.16. The average molecular weight is 298 g/mol. The minimum Gasteiger partial charge on any atom is -0.326 e. The van der Waals surface area contributed by atoms with Gasteiger partial charge in [0.1, 0.15) is 11.1 Å². The number of amides is 1. The largest absolute Gasteiger partial charge is 0.326 e. The Kier molecular flexibility index (Phi) is 3.43. The van der Waals surface area contributed by atoms with Crippen molar-refractivity contribution in [3.05, 3.63) is 52.2 Å². The Hall–Kier alpha value is -3.00. The lowest BCUT2D eigenvalue weighted by molar-refractivity contribution is 0.0989. The lowest BCUT2D eigenvalue weighted by Crippen LogP contribution is -2.27. The highest BCUT2D eigenvalue weighted by Gasteiger charge is 2.21. The summed E-state index contributed by atoms with van der Waals surface area (Å²) in [6.45, 7) is 0.435. The van der Waals surface area contributed by atoms with E-state index < -0.39 is 5.56 Å². The van der Waals surface area contributed by atoms with Gasteiger partial charge in [0, 0.05) is 19.3 Å². The number of aromatic nitrogens is 4. The van der Waals surface area contributed by atoms with Gasteiger partial charge in [0.2, 0.25) is 0 Å². The fourth-order valence-corrected chi connectivity index (χ4v) is 2.16. The molecule has 8 heteroatoms. The van der Waals surface area contributed by atoms with Crippen molar-refractivity contribution >= 4 is 22.6 Å². The van der Waals surface area contributed by atoms with Gasteiger partial charge in [-0.25, -0.2) is 4.98 Å². The van der Waals surface area contributed by atoms with Crippen molar-refractivity contribution in [2.75, 3.05) is 11.9 Å². The van der Waals surface area contributed by atoms with Crippen LogP contribution in [0.5, 0.6) is 0 Å². The zero-order valence-electron chi connectivity index (χ0n) is 11.8. The maximum atomic E-state index is 12.6. The quantitative estimate of drug-likeness (QED) is 0.645. The molecule has 0 atom stereocenters. The molecule has 0 saturated heterocycles. The van der Waals surface area contributed by atoms with Crippen molar-refractivity contribution in [1.29, 1.82) is 0 Å². The van der Waals surface area contributed by atoms with Gasteiger partial charge < -0.3 is 15.6 Å². The molecule has 0 spiro atoms. The van der Waals surface area contributed by atoms with Gasteiger partial charge >= 0.3 is 0 Å². The van der Waals surface area contributed by atoms with Gasteiger partial charge in [-0.2, -0.15) is 5.10 Å². The summed E-state index contributed by atoms with van der Waals surface area (Å²) in [4.78, 5) is 32.2. The molecule has 0 aliphatic heterocycles. The monoisotopic (exact) mass is 298 g/mol. The van der Waals surface area contributed by atoms with E-state index in [0.29, 0.717) is 12.2 Å². The maximum absolute atomic E-state index is 12.6.